The molecule has 0 radical (unpaired) electrons. The lowest BCUT2D eigenvalue weighted by Gasteiger charge is -2.30. The van der Waals surface area contributed by atoms with Gasteiger partial charge >= 0.3 is 16.4 Å². The summed E-state index contributed by atoms with van der Waals surface area (Å²) in [5, 5.41) is 0. The van der Waals surface area contributed by atoms with E-state index in [9.17, 15) is 13.2 Å². The Morgan fingerprint density at radius 3 is 2.26 bits per heavy atom. The molecule has 0 unspecified atom stereocenters. The smallest absolute Gasteiger partial charge is 0.426 e. The largest absolute Gasteiger partial charge is 0.443 e. The minimum Gasteiger partial charge on any atom is -0.443 e. The van der Waals surface area contributed by atoms with Crippen LogP contribution in [0.25, 0.3) is 0 Å². The average Bonchev–Trinajstić information content (AvgIpc) is 2.87. The Balaban J connectivity index is 1.82. The minimum absolute atomic E-state index is 0.0415. The third-order valence-electron chi connectivity index (χ3n) is 4.55. The van der Waals surface area contributed by atoms with Gasteiger partial charge in [0.2, 0.25) is 0 Å². The molecule has 0 N–H and O–H groups in total. The summed E-state index contributed by atoms with van der Waals surface area (Å²) in [6.45, 7) is 7.97. The van der Waals surface area contributed by atoms with E-state index in [1.807, 2.05) is 0 Å². The van der Waals surface area contributed by atoms with E-state index in [4.69, 9.17) is 18.4 Å². The third-order valence-corrected chi connectivity index (χ3v) is 5.92. The van der Waals surface area contributed by atoms with Gasteiger partial charge in [0.25, 0.3) is 0 Å². The Bertz CT molecular complexity index is 579. The first-order valence-corrected chi connectivity index (χ1v) is 11.1. The molecule has 0 bridgehead atoms. The number of nitrogens with zero attached hydrogens (tertiary/aromatic N) is 1. The first-order valence-electron chi connectivity index (χ1n) is 9.77. The van der Waals surface area contributed by atoms with Gasteiger partial charge in [-0.3, -0.25) is 4.18 Å². The molecule has 8 nitrogen and oxygen atoms in total. The molecule has 1 aliphatic carbocycles. The first-order chi connectivity index (χ1) is 12.6. The number of carbonyl (C=O) groups is 1. The van der Waals surface area contributed by atoms with E-state index in [1.165, 1.54) is 0 Å². The lowest BCUT2D eigenvalue weighted by Crippen LogP contribution is -2.45. The maximum atomic E-state index is 12.3. The standard InChI is InChI=1S/C18H33NO7S/c1-5-6-11-23-15-7-9-16(10-8-15)24-12-14-13-25-27(21,22)19(14)17(20)26-18(2,3)4/h14-16H,5-13H2,1-4H3/t14-,15?,16?/m1/s1. The average molecular weight is 408 g/mol. The zero-order valence-electron chi connectivity index (χ0n) is 16.8. The molecule has 0 aromatic heterocycles. The maximum absolute atomic E-state index is 12.3. The van der Waals surface area contributed by atoms with Crippen molar-refractivity contribution in [3.8, 4) is 0 Å². The van der Waals surface area contributed by atoms with E-state index in [-0.39, 0.29) is 25.4 Å². The maximum Gasteiger partial charge on any atom is 0.426 e. The summed E-state index contributed by atoms with van der Waals surface area (Å²) >= 11 is 0. The topological polar surface area (TPSA) is 91.4 Å². The number of carbonyl (C=O) groups excluding carboxylic acids is 1. The van der Waals surface area contributed by atoms with Crippen molar-refractivity contribution in [1.29, 1.82) is 0 Å². The first kappa shape index (κ1) is 22.4. The molecule has 1 atom stereocenters. The van der Waals surface area contributed by atoms with E-state index >= 15 is 0 Å². The van der Waals surface area contributed by atoms with Crippen LogP contribution in [0.3, 0.4) is 0 Å². The Kier molecular flexibility index (Phi) is 7.91. The highest BCUT2D eigenvalue weighted by atomic mass is 32.2. The predicted octanol–water partition coefficient (Wildman–Crippen LogP) is 3.01. The molecule has 1 saturated heterocycles. The monoisotopic (exact) mass is 407 g/mol. The van der Waals surface area contributed by atoms with Gasteiger partial charge in [-0.05, 0) is 52.9 Å². The number of hydrogen-bond donors (Lipinski definition) is 0. The molecule has 1 aliphatic heterocycles. The van der Waals surface area contributed by atoms with Crippen molar-refractivity contribution >= 4 is 16.4 Å². The van der Waals surface area contributed by atoms with Crippen molar-refractivity contribution in [3.63, 3.8) is 0 Å². The fraction of sp³-hybridized carbons (Fsp3) is 0.944. The van der Waals surface area contributed by atoms with Gasteiger partial charge in [0.1, 0.15) is 11.6 Å². The summed E-state index contributed by atoms with van der Waals surface area (Å²) in [5.41, 5.74) is -0.795. The zero-order chi connectivity index (χ0) is 20.1. The Hall–Kier alpha value is -0.900. The molecule has 2 fully saturated rings. The summed E-state index contributed by atoms with van der Waals surface area (Å²) in [4.78, 5) is 12.3. The molecular weight excluding hydrogens is 374 g/mol. The second kappa shape index (κ2) is 9.54. The number of unbranched alkanes of at least 4 members (excludes halogenated alkanes) is 1. The molecule has 0 aromatic rings. The van der Waals surface area contributed by atoms with E-state index in [0.717, 1.165) is 45.1 Å². The van der Waals surface area contributed by atoms with Crippen LogP contribution in [-0.4, -0.2) is 62.5 Å². The van der Waals surface area contributed by atoms with Crippen LogP contribution in [0.5, 0.6) is 0 Å². The summed E-state index contributed by atoms with van der Waals surface area (Å²) in [6.07, 6.45) is 5.19. The second-order valence-electron chi connectivity index (χ2n) is 8.13. The highest BCUT2D eigenvalue weighted by molar-refractivity contribution is 7.85. The minimum atomic E-state index is -4.12. The van der Waals surface area contributed by atoms with Crippen LogP contribution in [0.1, 0.15) is 66.2 Å². The quantitative estimate of drug-likeness (QED) is 0.599. The van der Waals surface area contributed by atoms with E-state index < -0.39 is 28.0 Å². The van der Waals surface area contributed by atoms with Crippen molar-refractivity contribution in [1.82, 2.24) is 4.31 Å². The molecule has 1 heterocycles. The molecule has 1 amide bonds. The van der Waals surface area contributed by atoms with Crippen LogP contribution in [0.4, 0.5) is 4.79 Å². The van der Waals surface area contributed by atoms with Gasteiger partial charge in [0.15, 0.2) is 0 Å². The number of rotatable bonds is 7. The fourth-order valence-corrected chi connectivity index (χ4v) is 4.29. The molecule has 0 aromatic carbocycles. The van der Waals surface area contributed by atoms with E-state index in [0.29, 0.717) is 4.31 Å². The number of hydrogen-bond acceptors (Lipinski definition) is 7. The molecule has 2 rings (SSSR count). The second-order valence-corrected chi connectivity index (χ2v) is 9.61. The Morgan fingerprint density at radius 2 is 1.70 bits per heavy atom. The molecule has 9 heteroatoms. The Labute approximate surface area is 162 Å². The summed E-state index contributed by atoms with van der Waals surface area (Å²) in [6, 6.07) is -0.705. The van der Waals surface area contributed by atoms with Gasteiger partial charge in [-0.2, -0.15) is 12.7 Å². The van der Waals surface area contributed by atoms with Crippen LogP contribution in [0, 0.1) is 0 Å². The van der Waals surface area contributed by atoms with Gasteiger partial charge in [0.05, 0.1) is 25.4 Å². The number of amides is 1. The van der Waals surface area contributed by atoms with E-state index in [2.05, 4.69) is 6.92 Å². The highest BCUT2D eigenvalue weighted by Gasteiger charge is 2.45. The number of ether oxygens (including phenoxy) is 3. The molecule has 27 heavy (non-hydrogen) atoms. The molecule has 2 aliphatic rings. The van der Waals surface area contributed by atoms with Gasteiger partial charge in [-0.25, -0.2) is 4.79 Å². The van der Waals surface area contributed by atoms with E-state index in [1.54, 1.807) is 20.8 Å². The Morgan fingerprint density at radius 1 is 1.11 bits per heavy atom. The SMILES string of the molecule is CCCCOC1CCC(OC[C@@H]2COS(=O)(=O)N2C(=O)OC(C)(C)C)CC1. The lowest BCUT2D eigenvalue weighted by atomic mass is 9.95. The summed E-state index contributed by atoms with van der Waals surface area (Å²) in [7, 11) is -4.12. The van der Waals surface area contributed by atoms with Crippen LogP contribution < -0.4 is 0 Å². The van der Waals surface area contributed by atoms with Crippen LogP contribution in [0.2, 0.25) is 0 Å². The molecule has 0 spiro atoms. The van der Waals surface area contributed by atoms with Crippen molar-refractivity contribution in [2.45, 2.75) is 90.1 Å². The normalized spacial score (nSPS) is 28.3. The molecule has 1 saturated carbocycles. The van der Waals surface area contributed by atoms with Gasteiger partial charge in [-0.15, -0.1) is 0 Å². The van der Waals surface area contributed by atoms with Gasteiger partial charge in [-0.1, -0.05) is 13.3 Å². The predicted molar refractivity (Wildman–Crippen MR) is 99.6 cm³/mol. The zero-order valence-corrected chi connectivity index (χ0v) is 17.6. The van der Waals surface area contributed by atoms with Crippen molar-refractivity contribution < 1.29 is 31.6 Å². The van der Waals surface area contributed by atoms with Crippen molar-refractivity contribution in [2.75, 3.05) is 19.8 Å². The van der Waals surface area contributed by atoms with Crippen LogP contribution in [-0.2, 0) is 28.7 Å². The van der Waals surface area contributed by atoms with Crippen LogP contribution >= 0.6 is 0 Å². The molecular formula is C18H33NO7S. The summed E-state index contributed by atoms with van der Waals surface area (Å²) < 4.78 is 46.5. The highest BCUT2D eigenvalue weighted by Crippen LogP contribution is 2.26. The molecule has 158 valence electrons. The van der Waals surface area contributed by atoms with Gasteiger partial charge in [0, 0.05) is 6.61 Å². The fourth-order valence-electron chi connectivity index (χ4n) is 3.14. The van der Waals surface area contributed by atoms with Crippen molar-refractivity contribution in [2.24, 2.45) is 0 Å². The van der Waals surface area contributed by atoms with Crippen LogP contribution in [0.15, 0.2) is 0 Å². The summed E-state index contributed by atoms with van der Waals surface area (Å²) in [5.74, 6) is 0. The lowest BCUT2D eigenvalue weighted by molar-refractivity contribution is -0.0421. The van der Waals surface area contributed by atoms with Crippen molar-refractivity contribution in [3.05, 3.63) is 0 Å². The third kappa shape index (κ3) is 6.89. The van der Waals surface area contributed by atoms with Gasteiger partial charge < -0.3 is 14.2 Å².